The number of hydrogen-bond acceptors (Lipinski definition) is 8. The maximum Gasteiger partial charge on any atom is 2.00 e. The largest absolute Gasteiger partial charge is 2.00 e. The summed E-state index contributed by atoms with van der Waals surface area (Å²) in [5, 5.41) is 37.8. The third-order valence-corrected chi connectivity index (χ3v) is 5.18. The molecule has 0 aliphatic rings. The van der Waals surface area contributed by atoms with Crippen LogP contribution in [0.5, 0.6) is 0 Å². The SMILES string of the molecule is O=C([O-])Cc1ccccc1CC(=O)O.O=C([O-])Cc1ccccc1CC(=O)O.[Zn+2].c1ccc(-c2ccccn2)nc1. The van der Waals surface area contributed by atoms with Crippen LogP contribution < -0.4 is 10.2 Å². The van der Waals surface area contributed by atoms with Crippen molar-refractivity contribution in [2.75, 3.05) is 0 Å². The van der Waals surface area contributed by atoms with Crippen molar-refractivity contribution in [1.82, 2.24) is 9.97 Å². The maximum atomic E-state index is 10.4. The van der Waals surface area contributed by atoms with Gasteiger partial charge in [0.15, 0.2) is 0 Å². The van der Waals surface area contributed by atoms with E-state index < -0.39 is 23.9 Å². The van der Waals surface area contributed by atoms with Gasteiger partial charge in [0.05, 0.1) is 24.2 Å². The first-order valence-electron chi connectivity index (χ1n) is 11.9. The van der Waals surface area contributed by atoms with Gasteiger partial charge in [0.1, 0.15) is 0 Å². The monoisotopic (exact) mass is 606 g/mol. The number of carbonyl (C=O) groups excluding carboxylic acids is 2. The number of rotatable bonds is 9. The molecular weight excluding hydrogens is 582 g/mol. The molecule has 0 amide bonds. The minimum absolute atomic E-state index is 0. The third kappa shape index (κ3) is 13.7. The fourth-order valence-electron chi connectivity index (χ4n) is 3.47. The van der Waals surface area contributed by atoms with Crippen LogP contribution >= 0.6 is 0 Å². The number of carbonyl (C=O) groups is 4. The molecule has 41 heavy (non-hydrogen) atoms. The number of nitrogens with zero attached hydrogens (tertiary/aromatic N) is 2. The zero-order chi connectivity index (χ0) is 29.3. The van der Waals surface area contributed by atoms with Gasteiger partial charge >= 0.3 is 31.4 Å². The van der Waals surface area contributed by atoms with E-state index in [1.807, 2.05) is 36.4 Å². The second-order valence-corrected chi connectivity index (χ2v) is 8.21. The summed E-state index contributed by atoms with van der Waals surface area (Å²) in [5.74, 6) is -4.36. The first-order chi connectivity index (χ1) is 19.2. The van der Waals surface area contributed by atoms with Gasteiger partial charge in [-0.25, -0.2) is 0 Å². The third-order valence-electron chi connectivity index (χ3n) is 5.18. The number of aliphatic carboxylic acids is 4. The van der Waals surface area contributed by atoms with E-state index in [-0.39, 0.29) is 45.2 Å². The standard InChI is InChI=1S/C10H8N2.2C10H10O4.Zn/c1-3-7-11-9(5-1)10-6-2-4-8-12-10;2*11-9(12)5-7-3-1-2-4-8(7)6-10(13)14;/h1-8H;2*1-4H,5-6H2,(H,11,12)(H,13,14);/q;;;+2/p-2. The van der Waals surface area contributed by atoms with Crippen molar-refractivity contribution in [3.8, 4) is 11.4 Å². The van der Waals surface area contributed by atoms with Gasteiger partial charge in [0.25, 0.3) is 0 Å². The molecule has 4 aromatic rings. The number of benzene rings is 2. The van der Waals surface area contributed by atoms with Gasteiger partial charge < -0.3 is 30.0 Å². The molecule has 206 valence electrons. The summed E-state index contributed by atoms with van der Waals surface area (Å²) in [6.07, 6.45) is 2.72. The van der Waals surface area contributed by atoms with Crippen molar-refractivity contribution >= 4 is 23.9 Å². The summed E-state index contributed by atoms with van der Waals surface area (Å²) in [5.41, 5.74) is 3.86. The minimum Gasteiger partial charge on any atom is -0.550 e. The normalized spacial score (nSPS) is 9.46. The van der Waals surface area contributed by atoms with E-state index >= 15 is 0 Å². The molecule has 4 rings (SSSR count). The van der Waals surface area contributed by atoms with E-state index in [1.165, 1.54) is 0 Å². The van der Waals surface area contributed by atoms with E-state index in [9.17, 15) is 29.4 Å². The zero-order valence-corrected chi connectivity index (χ0v) is 25.0. The van der Waals surface area contributed by atoms with E-state index in [0.29, 0.717) is 22.3 Å². The Balaban J connectivity index is 0.000000304. The molecule has 2 aromatic heterocycles. The molecule has 0 atom stereocenters. The number of hydrogen-bond donors (Lipinski definition) is 2. The molecule has 2 heterocycles. The van der Waals surface area contributed by atoms with Crippen molar-refractivity contribution in [3.63, 3.8) is 0 Å². The predicted octanol–water partition coefficient (Wildman–Crippen LogP) is 1.35. The van der Waals surface area contributed by atoms with Crippen LogP contribution in [0.2, 0.25) is 0 Å². The van der Waals surface area contributed by atoms with E-state index in [2.05, 4.69) is 9.97 Å². The Kier molecular flexibility index (Phi) is 15.5. The van der Waals surface area contributed by atoms with Crippen LogP contribution in [0.4, 0.5) is 0 Å². The van der Waals surface area contributed by atoms with Crippen molar-refractivity contribution in [3.05, 3.63) is 120 Å². The van der Waals surface area contributed by atoms with Crippen molar-refractivity contribution in [2.45, 2.75) is 25.7 Å². The molecule has 0 radical (unpaired) electrons. The molecule has 0 saturated carbocycles. The predicted molar refractivity (Wildman–Crippen MR) is 140 cm³/mol. The van der Waals surface area contributed by atoms with E-state index in [4.69, 9.17) is 10.2 Å². The zero-order valence-electron chi connectivity index (χ0n) is 22.0. The van der Waals surface area contributed by atoms with Crippen LogP contribution in [0.15, 0.2) is 97.3 Å². The van der Waals surface area contributed by atoms with Crippen LogP contribution in [0, 0.1) is 0 Å². The van der Waals surface area contributed by atoms with Crippen LogP contribution in [0.1, 0.15) is 22.3 Å². The molecule has 11 heteroatoms. The minimum atomic E-state index is -1.21. The quantitative estimate of drug-likeness (QED) is 0.264. The molecule has 2 N–H and O–H groups in total. The topological polar surface area (TPSA) is 181 Å². The average molecular weight is 608 g/mol. The number of pyridine rings is 2. The van der Waals surface area contributed by atoms with Crippen molar-refractivity contribution in [1.29, 1.82) is 0 Å². The Labute approximate surface area is 249 Å². The number of carboxylic acid groups (broad SMARTS) is 4. The van der Waals surface area contributed by atoms with Crippen LogP contribution in [-0.4, -0.2) is 44.1 Å². The van der Waals surface area contributed by atoms with E-state index in [0.717, 1.165) is 11.4 Å². The summed E-state index contributed by atoms with van der Waals surface area (Å²) in [6.45, 7) is 0. The molecule has 0 saturated heterocycles. The molecule has 0 aliphatic carbocycles. The van der Waals surface area contributed by atoms with Gasteiger partial charge in [0, 0.05) is 37.2 Å². The Morgan fingerprint density at radius 2 is 0.805 bits per heavy atom. The van der Waals surface area contributed by atoms with Gasteiger partial charge in [-0.1, -0.05) is 60.7 Å². The number of aromatic nitrogens is 2. The molecule has 10 nitrogen and oxygen atoms in total. The fraction of sp³-hybridized carbons (Fsp3) is 0.133. The van der Waals surface area contributed by atoms with Crippen molar-refractivity contribution in [2.24, 2.45) is 0 Å². The molecule has 2 aromatic carbocycles. The molecular formula is C30H26N2O8Zn. The van der Waals surface area contributed by atoms with E-state index in [1.54, 1.807) is 60.9 Å². The first-order valence-corrected chi connectivity index (χ1v) is 11.9. The summed E-state index contributed by atoms with van der Waals surface area (Å²) in [7, 11) is 0. The van der Waals surface area contributed by atoms with Gasteiger partial charge in [-0.3, -0.25) is 19.6 Å². The van der Waals surface area contributed by atoms with Gasteiger partial charge in [-0.05, 0) is 46.5 Å². The van der Waals surface area contributed by atoms with Crippen LogP contribution in [0.3, 0.4) is 0 Å². The Bertz CT molecular complexity index is 1240. The first kappa shape index (κ1) is 34.3. The smallest absolute Gasteiger partial charge is 0.550 e. The molecule has 0 spiro atoms. The van der Waals surface area contributed by atoms with Gasteiger partial charge in [0.2, 0.25) is 0 Å². The molecule has 0 fully saturated rings. The summed E-state index contributed by atoms with van der Waals surface area (Å²) < 4.78 is 0. The molecule has 0 unspecified atom stereocenters. The number of carboxylic acids is 4. The second kappa shape index (κ2) is 18.5. The molecule has 0 bridgehead atoms. The average Bonchev–Trinajstić information content (AvgIpc) is 2.92. The Morgan fingerprint density at radius 3 is 1.05 bits per heavy atom. The van der Waals surface area contributed by atoms with Crippen molar-refractivity contribution < 1.29 is 59.1 Å². The second-order valence-electron chi connectivity index (χ2n) is 8.21. The van der Waals surface area contributed by atoms with Gasteiger partial charge in [-0.2, -0.15) is 0 Å². The van der Waals surface area contributed by atoms with Crippen LogP contribution in [-0.2, 0) is 64.3 Å². The Morgan fingerprint density at radius 1 is 0.512 bits per heavy atom. The van der Waals surface area contributed by atoms with Gasteiger partial charge in [-0.15, -0.1) is 0 Å². The fourth-order valence-corrected chi connectivity index (χ4v) is 3.47. The summed E-state index contributed by atoms with van der Waals surface area (Å²) >= 11 is 0. The summed E-state index contributed by atoms with van der Waals surface area (Å²) in [6, 6.07) is 24.7. The maximum absolute atomic E-state index is 10.4. The Hall–Kier alpha value is -4.76. The molecule has 0 aliphatic heterocycles. The van der Waals surface area contributed by atoms with Crippen LogP contribution in [0.25, 0.3) is 11.4 Å². The summed E-state index contributed by atoms with van der Waals surface area (Å²) in [4.78, 5) is 50.0.